The number of carboxylic acids is 1. The van der Waals surface area contributed by atoms with Crippen LogP contribution in [0, 0.1) is 5.92 Å². The monoisotopic (exact) mass is 264 g/mol. The van der Waals surface area contributed by atoms with Gasteiger partial charge >= 0.3 is 5.97 Å². The summed E-state index contributed by atoms with van der Waals surface area (Å²) in [5.41, 5.74) is -0.707. The number of rotatable bonds is 6. The fourth-order valence-corrected chi connectivity index (χ4v) is 3.23. The van der Waals surface area contributed by atoms with Crippen LogP contribution in [0.1, 0.15) is 38.5 Å². The summed E-state index contributed by atoms with van der Waals surface area (Å²) in [5.74, 6) is -0.490. The lowest BCUT2D eigenvalue weighted by Crippen LogP contribution is -2.55. The second-order valence-corrected chi connectivity index (χ2v) is 5.73. The van der Waals surface area contributed by atoms with Gasteiger partial charge in [0.2, 0.25) is 0 Å². The van der Waals surface area contributed by atoms with Crippen molar-refractivity contribution in [2.75, 3.05) is 0 Å². The van der Waals surface area contributed by atoms with Crippen molar-refractivity contribution in [1.82, 2.24) is 20.1 Å². The highest BCUT2D eigenvalue weighted by Crippen LogP contribution is 2.40. The molecule has 0 amide bonds. The first-order valence-electron chi connectivity index (χ1n) is 7.04. The molecule has 0 aromatic carbocycles. The van der Waals surface area contributed by atoms with E-state index in [9.17, 15) is 9.90 Å². The van der Waals surface area contributed by atoms with Crippen molar-refractivity contribution in [2.24, 2.45) is 5.92 Å². The molecule has 3 rings (SSSR count). The van der Waals surface area contributed by atoms with Gasteiger partial charge in [-0.15, -0.1) is 0 Å². The van der Waals surface area contributed by atoms with Gasteiger partial charge in [-0.25, -0.2) is 4.98 Å². The minimum atomic E-state index is -0.707. The van der Waals surface area contributed by atoms with Gasteiger partial charge in [0, 0.05) is 12.6 Å². The quantitative estimate of drug-likeness (QED) is 0.802. The lowest BCUT2D eigenvalue weighted by Gasteiger charge is -2.32. The predicted octanol–water partition coefficient (Wildman–Crippen LogP) is 1.04. The molecule has 1 aromatic heterocycles. The van der Waals surface area contributed by atoms with Crippen LogP contribution in [0.2, 0.25) is 0 Å². The van der Waals surface area contributed by atoms with Crippen molar-refractivity contribution in [1.29, 1.82) is 0 Å². The number of carboxylic acid groups (broad SMARTS) is 1. The van der Waals surface area contributed by atoms with Crippen LogP contribution in [0.25, 0.3) is 0 Å². The number of hydrogen-bond acceptors (Lipinski definition) is 4. The van der Waals surface area contributed by atoms with Crippen LogP contribution in [0.15, 0.2) is 12.7 Å². The number of aromatic nitrogens is 3. The molecule has 2 fully saturated rings. The zero-order valence-corrected chi connectivity index (χ0v) is 11.0. The lowest BCUT2D eigenvalue weighted by atomic mass is 9.84. The Balaban J connectivity index is 1.68. The molecule has 1 heterocycles. The maximum Gasteiger partial charge on any atom is 0.324 e. The number of carbonyl (C=O) groups is 1. The van der Waals surface area contributed by atoms with E-state index >= 15 is 0 Å². The molecule has 0 bridgehead atoms. The summed E-state index contributed by atoms with van der Waals surface area (Å²) in [6.45, 7) is 0.742. The van der Waals surface area contributed by atoms with Crippen LogP contribution in [0.3, 0.4) is 0 Å². The first-order valence-corrected chi connectivity index (χ1v) is 7.04. The van der Waals surface area contributed by atoms with Gasteiger partial charge in [0.25, 0.3) is 0 Å². The van der Waals surface area contributed by atoms with Crippen LogP contribution in [-0.2, 0) is 11.3 Å². The van der Waals surface area contributed by atoms with E-state index in [4.69, 9.17) is 0 Å². The molecule has 2 saturated carbocycles. The molecule has 19 heavy (non-hydrogen) atoms. The molecule has 2 N–H and O–H groups in total. The van der Waals surface area contributed by atoms with Crippen molar-refractivity contribution in [2.45, 2.75) is 56.7 Å². The van der Waals surface area contributed by atoms with E-state index in [-0.39, 0.29) is 5.92 Å². The number of hydrogen-bond donors (Lipinski definition) is 2. The van der Waals surface area contributed by atoms with Gasteiger partial charge in [-0.1, -0.05) is 6.42 Å². The molecule has 2 aliphatic rings. The van der Waals surface area contributed by atoms with Gasteiger partial charge in [0.15, 0.2) is 0 Å². The van der Waals surface area contributed by atoms with Gasteiger partial charge in [-0.05, 0) is 38.0 Å². The zero-order chi connectivity index (χ0) is 13.3. The largest absolute Gasteiger partial charge is 0.480 e. The van der Waals surface area contributed by atoms with Crippen LogP contribution in [0.4, 0.5) is 0 Å². The Kier molecular flexibility index (Phi) is 3.26. The van der Waals surface area contributed by atoms with E-state index in [1.54, 1.807) is 11.0 Å². The van der Waals surface area contributed by atoms with E-state index in [0.29, 0.717) is 6.04 Å². The third kappa shape index (κ3) is 2.49. The minimum absolute atomic E-state index is 0.190. The van der Waals surface area contributed by atoms with Crippen molar-refractivity contribution >= 4 is 5.97 Å². The zero-order valence-electron chi connectivity index (χ0n) is 11.0. The summed E-state index contributed by atoms with van der Waals surface area (Å²) >= 11 is 0. The fourth-order valence-electron chi connectivity index (χ4n) is 3.23. The van der Waals surface area contributed by atoms with E-state index in [2.05, 4.69) is 15.4 Å². The summed E-state index contributed by atoms with van der Waals surface area (Å²) in [6, 6.07) is 0.420. The Labute approximate surface area is 112 Å². The highest BCUT2D eigenvalue weighted by atomic mass is 16.4. The summed E-state index contributed by atoms with van der Waals surface area (Å²) in [7, 11) is 0. The maximum atomic E-state index is 11.8. The number of nitrogens with one attached hydrogen (secondary N) is 1. The molecule has 0 aliphatic heterocycles. The second kappa shape index (κ2) is 4.92. The maximum absolute atomic E-state index is 11.8. The fraction of sp³-hybridized carbons (Fsp3) is 0.769. The first-order chi connectivity index (χ1) is 9.21. The Morgan fingerprint density at radius 3 is 2.95 bits per heavy atom. The summed E-state index contributed by atoms with van der Waals surface area (Å²) in [5, 5.41) is 17.2. The number of aryl methyl sites for hydroxylation is 1. The van der Waals surface area contributed by atoms with Crippen LogP contribution >= 0.6 is 0 Å². The number of aliphatic carboxylic acids is 1. The molecule has 0 saturated heterocycles. The molecule has 0 radical (unpaired) electrons. The molecule has 0 spiro atoms. The lowest BCUT2D eigenvalue weighted by molar-refractivity contribution is -0.147. The van der Waals surface area contributed by atoms with Gasteiger partial charge in [-0.2, -0.15) is 5.10 Å². The van der Waals surface area contributed by atoms with Crippen molar-refractivity contribution in [3.63, 3.8) is 0 Å². The van der Waals surface area contributed by atoms with Crippen molar-refractivity contribution in [3.8, 4) is 0 Å². The second-order valence-electron chi connectivity index (χ2n) is 5.73. The molecule has 6 heteroatoms. The normalized spacial score (nSPS) is 30.6. The average Bonchev–Trinajstić information content (AvgIpc) is 2.90. The molecule has 2 atom stereocenters. The number of nitrogens with zero attached hydrogens (tertiary/aromatic N) is 3. The topological polar surface area (TPSA) is 80.0 Å². The highest BCUT2D eigenvalue weighted by molar-refractivity contribution is 5.80. The van der Waals surface area contributed by atoms with Gasteiger partial charge in [0.1, 0.15) is 18.2 Å². The predicted molar refractivity (Wildman–Crippen MR) is 68.5 cm³/mol. The Bertz CT molecular complexity index is 444. The van der Waals surface area contributed by atoms with Crippen molar-refractivity contribution < 1.29 is 9.90 Å². The van der Waals surface area contributed by atoms with E-state index in [0.717, 1.165) is 45.1 Å². The summed E-state index contributed by atoms with van der Waals surface area (Å²) in [4.78, 5) is 15.7. The first kappa shape index (κ1) is 12.6. The smallest absolute Gasteiger partial charge is 0.324 e. The van der Waals surface area contributed by atoms with E-state index in [1.165, 1.54) is 6.33 Å². The van der Waals surface area contributed by atoms with E-state index in [1.807, 2.05) is 0 Å². The average molecular weight is 264 g/mol. The molecular formula is C13H20N4O2. The third-order valence-corrected chi connectivity index (χ3v) is 4.41. The van der Waals surface area contributed by atoms with E-state index < -0.39 is 11.5 Å². The molecule has 6 nitrogen and oxygen atoms in total. The molecule has 2 aliphatic carbocycles. The third-order valence-electron chi connectivity index (χ3n) is 4.41. The molecular weight excluding hydrogens is 244 g/mol. The molecule has 2 unspecified atom stereocenters. The van der Waals surface area contributed by atoms with Gasteiger partial charge in [0.05, 0.1) is 0 Å². The summed E-state index contributed by atoms with van der Waals surface area (Å²) < 4.78 is 1.78. The Morgan fingerprint density at radius 1 is 1.47 bits per heavy atom. The van der Waals surface area contributed by atoms with Crippen molar-refractivity contribution in [3.05, 3.63) is 12.7 Å². The Hall–Kier alpha value is -1.43. The standard InChI is InChI=1S/C13H20N4O2/c18-12(19)13(16-11-3-4-11)6-1-2-10(13)5-7-17-9-14-8-15-17/h8-11,16H,1-7H2,(H,18,19). The van der Waals surface area contributed by atoms with Crippen LogP contribution in [0.5, 0.6) is 0 Å². The van der Waals surface area contributed by atoms with Gasteiger partial charge < -0.3 is 5.11 Å². The van der Waals surface area contributed by atoms with Crippen LogP contribution < -0.4 is 5.32 Å². The SMILES string of the molecule is O=C(O)C1(NC2CC2)CCCC1CCn1cncn1. The van der Waals surface area contributed by atoms with Gasteiger partial charge in [-0.3, -0.25) is 14.8 Å². The minimum Gasteiger partial charge on any atom is -0.480 e. The molecule has 1 aromatic rings. The molecule has 104 valence electrons. The highest BCUT2D eigenvalue weighted by Gasteiger charge is 2.51. The van der Waals surface area contributed by atoms with Crippen LogP contribution in [-0.4, -0.2) is 37.4 Å². The summed E-state index contributed by atoms with van der Waals surface area (Å²) in [6.07, 6.45) is 9.01. The Morgan fingerprint density at radius 2 is 2.32 bits per heavy atom.